The Labute approximate surface area is 87.1 Å². The van der Waals surface area contributed by atoms with Crippen LogP contribution in [0, 0.1) is 5.92 Å². The zero-order valence-electron chi connectivity index (χ0n) is 7.65. The number of hydrogen-bond donors (Lipinski definition) is 0. The molecule has 76 valence electrons. The van der Waals surface area contributed by atoms with E-state index in [1.165, 1.54) is 6.08 Å². The van der Waals surface area contributed by atoms with Crippen molar-refractivity contribution in [2.75, 3.05) is 5.88 Å². The highest BCUT2D eigenvalue weighted by Gasteiger charge is 2.29. The largest absolute Gasteiger partial charge is 0.235 e. The fourth-order valence-corrected chi connectivity index (χ4v) is 2.15. The van der Waals surface area contributed by atoms with Crippen LogP contribution in [0.5, 0.6) is 0 Å². The molecule has 3 atom stereocenters. The summed E-state index contributed by atoms with van der Waals surface area (Å²) in [5.41, 5.74) is 0. The van der Waals surface area contributed by atoms with E-state index in [9.17, 15) is 9.59 Å². The summed E-state index contributed by atoms with van der Waals surface area (Å²) in [6, 6.07) is -0.199. The molecule has 1 rings (SSSR count). The van der Waals surface area contributed by atoms with Crippen molar-refractivity contribution in [2.24, 2.45) is 15.9 Å². The Kier molecular flexibility index (Phi) is 4.54. The molecule has 1 fully saturated rings. The second-order valence-electron chi connectivity index (χ2n) is 3.39. The van der Waals surface area contributed by atoms with Gasteiger partial charge in [-0.3, -0.25) is 0 Å². The maximum atomic E-state index is 10.2. The summed E-state index contributed by atoms with van der Waals surface area (Å²) in [6.45, 7) is 0. The standard InChI is InChI=1S/C9H11ClN2O2/c10-4-7-1-2-8(11-5-13)3-9(7)12-6-14/h7-9H,1-4H2. The molecule has 0 aromatic rings. The van der Waals surface area contributed by atoms with Crippen molar-refractivity contribution in [2.45, 2.75) is 31.3 Å². The number of carbonyl (C=O) groups excluding carboxylic acids is 2. The molecule has 1 saturated carbocycles. The lowest BCUT2D eigenvalue weighted by Crippen LogP contribution is -2.31. The highest BCUT2D eigenvalue weighted by Crippen LogP contribution is 2.29. The van der Waals surface area contributed by atoms with Crippen molar-refractivity contribution in [1.29, 1.82) is 0 Å². The van der Waals surface area contributed by atoms with Gasteiger partial charge in [-0.25, -0.2) is 19.6 Å². The summed E-state index contributed by atoms with van der Waals surface area (Å²) in [7, 11) is 0. The minimum Gasteiger partial charge on any atom is -0.211 e. The van der Waals surface area contributed by atoms with E-state index in [4.69, 9.17) is 11.6 Å². The first-order chi connectivity index (χ1) is 6.81. The van der Waals surface area contributed by atoms with Gasteiger partial charge in [-0.15, -0.1) is 11.6 Å². The van der Waals surface area contributed by atoms with E-state index in [0.717, 1.165) is 12.8 Å². The van der Waals surface area contributed by atoms with E-state index < -0.39 is 0 Å². The van der Waals surface area contributed by atoms with Gasteiger partial charge in [0.25, 0.3) is 0 Å². The molecule has 0 aromatic heterocycles. The number of halogens is 1. The van der Waals surface area contributed by atoms with Crippen LogP contribution >= 0.6 is 11.6 Å². The maximum Gasteiger partial charge on any atom is 0.235 e. The molecule has 4 nitrogen and oxygen atoms in total. The minimum absolute atomic E-state index is 0.0610. The molecule has 0 aliphatic heterocycles. The zero-order chi connectivity index (χ0) is 10.4. The average molecular weight is 215 g/mol. The molecule has 0 radical (unpaired) electrons. The molecular weight excluding hydrogens is 204 g/mol. The van der Waals surface area contributed by atoms with Gasteiger partial charge in [-0.05, 0) is 25.2 Å². The Morgan fingerprint density at radius 1 is 1.21 bits per heavy atom. The molecule has 0 heterocycles. The second-order valence-corrected chi connectivity index (χ2v) is 3.70. The van der Waals surface area contributed by atoms with Gasteiger partial charge in [0.15, 0.2) is 0 Å². The summed E-state index contributed by atoms with van der Waals surface area (Å²) < 4.78 is 0. The van der Waals surface area contributed by atoms with E-state index >= 15 is 0 Å². The van der Waals surface area contributed by atoms with Crippen molar-refractivity contribution < 1.29 is 9.59 Å². The number of rotatable bonds is 3. The zero-order valence-corrected chi connectivity index (χ0v) is 8.41. The summed E-state index contributed by atoms with van der Waals surface area (Å²) >= 11 is 5.74. The van der Waals surface area contributed by atoms with Gasteiger partial charge < -0.3 is 0 Å². The first-order valence-electron chi connectivity index (χ1n) is 4.51. The van der Waals surface area contributed by atoms with E-state index in [-0.39, 0.29) is 18.0 Å². The molecule has 14 heavy (non-hydrogen) atoms. The van der Waals surface area contributed by atoms with Gasteiger partial charge in [0, 0.05) is 5.88 Å². The lowest BCUT2D eigenvalue weighted by Gasteiger charge is -2.29. The summed E-state index contributed by atoms with van der Waals surface area (Å²) in [5, 5.41) is 0. The van der Waals surface area contributed by atoms with Crippen LogP contribution in [0.2, 0.25) is 0 Å². The topological polar surface area (TPSA) is 58.9 Å². The van der Waals surface area contributed by atoms with Crippen molar-refractivity contribution >= 4 is 23.8 Å². The van der Waals surface area contributed by atoms with Crippen LogP contribution in [0.1, 0.15) is 19.3 Å². The van der Waals surface area contributed by atoms with Crippen LogP contribution in [-0.4, -0.2) is 30.1 Å². The predicted molar refractivity (Wildman–Crippen MR) is 51.9 cm³/mol. The van der Waals surface area contributed by atoms with Gasteiger partial charge in [-0.1, -0.05) is 0 Å². The molecule has 0 bridgehead atoms. The van der Waals surface area contributed by atoms with Gasteiger partial charge in [-0.2, -0.15) is 0 Å². The Hall–Kier alpha value is -0.950. The number of alkyl halides is 1. The lowest BCUT2D eigenvalue weighted by molar-refractivity contribution is 0.305. The van der Waals surface area contributed by atoms with Gasteiger partial charge >= 0.3 is 0 Å². The quantitative estimate of drug-likeness (QED) is 0.406. The third-order valence-corrected chi connectivity index (χ3v) is 2.98. The third kappa shape index (κ3) is 2.78. The van der Waals surface area contributed by atoms with Gasteiger partial charge in [0.2, 0.25) is 12.2 Å². The fraction of sp³-hybridized carbons (Fsp3) is 0.778. The lowest BCUT2D eigenvalue weighted by atomic mass is 9.83. The van der Waals surface area contributed by atoms with E-state index in [1.54, 1.807) is 6.08 Å². The minimum atomic E-state index is -0.138. The van der Waals surface area contributed by atoms with Gasteiger partial charge in [0.05, 0.1) is 12.1 Å². The number of nitrogens with zero attached hydrogens (tertiary/aromatic N) is 2. The highest BCUT2D eigenvalue weighted by atomic mass is 35.5. The first kappa shape index (κ1) is 11.1. The average Bonchev–Trinajstić information content (AvgIpc) is 2.19. The number of aliphatic imine (C=N–C) groups is 2. The molecule has 1 aliphatic carbocycles. The Morgan fingerprint density at radius 2 is 1.93 bits per heavy atom. The summed E-state index contributed by atoms with van der Waals surface area (Å²) in [6.07, 6.45) is 5.33. The fourth-order valence-electron chi connectivity index (χ4n) is 1.79. The maximum absolute atomic E-state index is 10.2. The van der Waals surface area contributed by atoms with E-state index in [1.807, 2.05) is 0 Å². The first-order valence-corrected chi connectivity index (χ1v) is 5.05. The van der Waals surface area contributed by atoms with Crippen LogP contribution in [0.4, 0.5) is 0 Å². The van der Waals surface area contributed by atoms with Crippen molar-refractivity contribution in [3.63, 3.8) is 0 Å². The second kappa shape index (κ2) is 5.71. The van der Waals surface area contributed by atoms with Crippen LogP contribution in [-0.2, 0) is 9.59 Å². The Morgan fingerprint density at radius 3 is 2.50 bits per heavy atom. The van der Waals surface area contributed by atoms with Gasteiger partial charge in [0.1, 0.15) is 0 Å². The molecule has 0 saturated heterocycles. The molecule has 1 aliphatic rings. The molecule has 0 amide bonds. The molecule has 0 N–H and O–H groups in total. The predicted octanol–water partition coefficient (Wildman–Crippen LogP) is 1.43. The molecule has 3 unspecified atom stereocenters. The van der Waals surface area contributed by atoms with Crippen LogP contribution in [0.25, 0.3) is 0 Å². The van der Waals surface area contributed by atoms with Crippen LogP contribution in [0.15, 0.2) is 9.98 Å². The SMILES string of the molecule is O=C=NC1CCC(CCl)C(N=C=O)C1. The van der Waals surface area contributed by atoms with Crippen molar-refractivity contribution in [1.82, 2.24) is 0 Å². The summed E-state index contributed by atoms with van der Waals surface area (Å²) in [4.78, 5) is 27.6. The molecule has 5 heteroatoms. The van der Waals surface area contributed by atoms with Crippen molar-refractivity contribution in [3.8, 4) is 0 Å². The highest BCUT2D eigenvalue weighted by molar-refractivity contribution is 6.18. The van der Waals surface area contributed by atoms with Crippen LogP contribution in [0.3, 0.4) is 0 Å². The number of hydrogen-bond acceptors (Lipinski definition) is 4. The smallest absolute Gasteiger partial charge is 0.211 e. The van der Waals surface area contributed by atoms with E-state index in [2.05, 4.69) is 9.98 Å². The number of isocyanates is 2. The summed E-state index contributed by atoms with van der Waals surface area (Å²) in [5.74, 6) is 0.684. The molecule has 0 aromatic carbocycles. The van der Waals surface area contributed by atoms with E-state index in [0.29, 0.717) is 12.3 Å². The monoisotopic (exact) mass is 214 g/mol. The Balaban J connectivity index is 2.65. The molecule has 0 spiro atoms. The normalized spacial score (nSPS) is 31.4. The third-order valence-electron chi connectivity index (χ3n) is 2.58. The molecular formula is C9H11ClN2O2. The van der Waals surface area contributed by atoms with Crippen molar-refractivity contribution in [3.05, 3.63) is 0 Å². The Bertz CT molecular complexity index is 283. The van der Waals surface area contributed by atoms with Crippen LogP contribution < -0.4 is 0 Å².